The Morgan fingerprint density at radius 2 is 1.78 bits per heavy atom. The molecule has 2 nitrogen and oxygen atoms in total. The fourth-order valence-electron chi connectivity index (χ4n) is 1.96. The first-order valence-electron chi connectivity index (χ1n) is 6.03. The summed E-state index contributed by atoms with van der Waals surface area (Å²) in [5.41, 5.74) is 0.340. The van der Waals surface area contributed by atoms with E-state index in [0.717, 1.165) is 0 Å². The largest absolute Gasteiger partial charge is 0.418 e. The van der Waals surface area contributed by atoms with Crippen molar-refractivity contribution in [3.63, 3.8) is 0 Å². The number of hydrogen-bond donors (Lipinski definition) is 1. The van der Waals surface area contributed by atoms with E-state index < -0.39 is 11.7 Å². The second-order valence-corrected chi connectivity index (χ2v) is 4.05. The number of hydrogen-bond acceptors (Lipinski definition) is 2. The van der Waals surface area contributed by atoms with Crippen molar-refractivity contribution in [1.82, 2.24) is 5.32 Å². The van der Waals surface area contributed by atoms with Crippen molar-refractivity contribution in [1.29, 1.82) is 0 Å². The molecule has 0 aliphatic carbocycles. The van der Waals surface area contributed by atoms with E-state index in [1.165, 1.54) is 6.07 Å². The molecular weight excluding hydrogens is 241 g/mol. The number of nitrogens with zero attached hydrogens (tertiary/aromatic N) is 1. The summed E-state index contributed by atoms with van der Waals surface area (Å²) < 4.78 is 39.2. The van der Waals surface area contributed by atoms with E-state index in [-0.39, 0.29) is 5.69 Å². The van der Waals surface area contributed by atoms with Crippen molar-refractivity contribution in [2.24, 2.45) is 0 Å². The predicted molar refractivity (Wildman–Crippen MR) is 67.8 cm³/mol. The van der Waals surface area contributed by atoms with Crippen molar-refractivity contribution in [2.75, 3.05) is 25.0 Å². The zero-order valence-corrected chi connectivity index (χ0v) is 10.9. The van der Waals surface area contributed by atoms with Crippen LogP contribution in [0.1, 0.15) is 25.0 Å². The van der Waals surface area contributed by atoms with Crippen molar-refractivity contribution < 1.29 is 13.2 Å². The molecular formula is C13H19F3N2. The molecule has 1 aromatic rings. The highest BCUT2D eigenvalue weighted by atomic mass is 19.4. The van der Waals surface area contributed by atoms with Crippen molar-refractivity contribution in [3.8, 4) is 0 Å². The molecule has 0 heterocycles. The van der Waals surface area contributed by atoms with E-state index in [1.54, 1.807) is 24.1 Å². The highest BCUT2D eigenvalue weighted by Gasteiger charge is 2.34. The van der Waals surface area contributed by atoms with E-state index in [1.807, 2.05) is 13.8 Å². The highest BCUT2D eigenvalue weighted by Crippen LogP contribution is 2.37. The minimum Gasteiger partial charge on any atom is -0.372 e. The van der Waals surface area contributed by atoms with Gasteiger partial charge >= 0.3 is 6.18 Å². The maximum absolute atomic E-state index is 13.1. The quantitative estimate of drug-likeness (QED) is 0.874. The van der Waals surface area contributed by atoms with E-state index in [9.17, 15) is 13.2 Å². The summed E-state index contributed by atoms with van der Waals surface area (Å²) in [4.78, 5) is 1.71. The zero-order valence-electron chi connectivity index (χ0n) is 10.9. The molecule has 0 spiro atoms. The van der Waals surface area contributed by atoms with Crippen LogP contribution in [-0.2, 0) is 12.7 Å². The third-order valence-corrected chi connectivity index (χ3v) is 2.85. The van der Waals surface area contributed by atoms with Gasteiger partial charge in [-0.2, -0.15) is 13.2 Å². The summed E-state index contributed by atoms with van der Waals surface area (Å²) in [6, 6.07) is 4.52. The van der Waals surface area contributed by atoms with Gasteiger partial charge in [0.1, 0.15) is 0 Å². The third-order valence-electron chi connectivity index (χ3n) is 2.85. The van der Waals surface area contributed by atoms with Gasteiger partial charge in [-0.05, 0) is 38.6 Å². The first-order valence-corrected chi connectivity index (χ1v) is 6.03. The number of rotatable bonds is 5. The summed E-state index contributed by atoms with van der Waals surface area (Å²) in [5.74, 6) is 0. The van der Waals surface area contributed by atoms with Crippen molar-refractivity contribution in [3.05, 3.63) is 29.3 Å². The Morgan fingerprint density at radius 3 is 2.22 bits per heavy atom. The molecule has 0 atom stereocenters. The second kappa shape index (κ2) is 6.09. The number of nitrogens with one attached hydrogen (secondary N) is 1. The molecule has 18 heavy (non-hydrogen) atoms. The Bertz CT molecular complexity index is 384. The lowest BCUT2D eigenvalue weighted by Gasteiger charge is -2.25. The van der Waals surface area contributed by atoms with Crippen LogP contribution in [0.25, 0.3) is 0 Å². The first-order chi connectivity index (χ1) is 8.43. The minimum absolute atomic E-state index is 0.257. The van der Waals surface area contributed by atoms with Crippen LogP contribution in [0.15, 0.2) is 18.2 Å². The van der Waals surface area contributed by atoms with Gasteiger partial charge in [-0.15, -0.1) is 0 Å². The van der Waals surface area contributed by atoms with E-state index >= 15 is 0 Å². The molecule has 0 unspecified atom stereocenters. The van der Waals surface area contributed by atoms with Crippen LogP contribution in [0.5, 0.6) is 0 Å². The lowest BCUT2D eigenvalue weighted by Crippen LogP contribution is -2.25. The summed E-state index contributed by atoms with van der Waals surface area (Å²) in [7, 11) is 1.71. The molecule has 0 fully saturated rings. The van der Waals surface area contributed by atoms with Gasteiger partial charge < -0.3 is 10.2 Å². The van der Waals surface area contributed by atoms with Gasteiger partial charge in [0, 0.05) is 25.3 Å². The molecule has 0 aromatic heterocycles. The van der Waals surface area contributed by atoms with Gasteiger partial charge in [-0.25, -0.2) is 0 Å². The maximum Gasteiger partial charge on any atom is 0.418 e. The fourth-order valence-corrected chi connectivity index (χ4v) is 1.96. The van der Waals surface area contributed by atoms with Crippen molar-refractivity contribution >= 4 is 5.69 Å². The van der Waals surface area contributed by atoms with Gasteiger partial charge in [0.15, 0.2) is 0 Å². The highest BCUT2D eigenvalue weighted by molar-refractivity contribution is 5.56. The van der Waals surface area contributed by atoms with Crippen LogP contribution in [0.2, 0.25) is 0 Å². The zero-order chi connectivity index (χ0) is 13.8. The topological polar surface area (TPSA) is 15.3 Å². The number of anilines is 1. The van der Waals surface area contributed by atoms with Crippen LogP contribution in [0.4, 0.5) is 18.9 Å². The summed E-state index contributed by atoms with van der Waals surface area (Å²) in [5, 5.41) is 2.86. The molecule has 5 heteroatoms. The molecule has 102 valence electrons. The molecule has 1 N–H and O–H groups in total. The summed E-state index contributed by atoms with van der Waals surface area (Å²) in [6.07, 6.45) is -4.32. The summed E-state index contributed by atoms with van der Waals surface area (Å²) in [6.45, 7) is 5.26. The van der Waals surface area contributed by atoms with Crippen LogP contribution in [0.3, 0.4) is 0 Å². The van der Waals surface area contributed by atoms with Crippen LogP contribution >= 0.6 is 0 Å². The Labute approximate surface area is 106 Å². The smallest absolute Gasteiger partial charge is 0.372 e. The standard InChI is InChI=1S/C13H19F3N2/c1-4-18(5-2)12-7-6-10(9-17-3)8-11(12)13(14,15)16/h6-8,17H,4-5,9H2,1-3H3. The average Bonchev–Trinajstić information content (AvgIpc) is 2.31. The molecule has 0 radical (unpaired) electrons. The third kappa shape index (κ3) is 3.38. The lowest BCUT2D eigenvalue weighted by molar-refractivity contribution is -0.137. The molecule has 0 aliphatic heterocycles. The van der Waals surface area contributed by atoms with Gasteiger partial charge in [-0.1, -0.05) is 6.07 Å². The van der Waals surface area contributed by atoms with Gasteiger partial charge in [0.05, 0.1) is 5.56 Å². The lowest BCUT2D eigenvalue weighted by atomic mass is 10.1. The minimum atomic E-state index is -4.32. The SMILES string of the molecule is CCN(CC)c1ccc(CNC)cc1C(F)(F)F. The van der Waals surface area contributed by atoms with Gasteiger partial charge in [0.25, 0.3) is 0 Å². The number of halogens is 3. The monoisotopic (exact) mass is 260 g/mol. The van der Waals surface area contributed by atoms with Crippen molar-refractivity contribution in [2.45, 2.75) is 26.6 Å². The first kappa shape index (κ1) is 14.8. The fraction of sp³-hybridized carbons (Fsp3) is 0.538. The summed E-state index contributed by atoms with van der Waals surface area (Å²) >= 11 is 0. The molecule has 1 rings (SSSR count). The molecule has 0 amide bonds. The Morgan fingerprint density at radius 1 is 1.17 bits per heavy atom. The van der Waals surface area contributed by atoms with Gasteiger partial charge in [0.2, 0.25) is 0 Å². The average molecular weight is 260 g/mol. The normalized spacial score (nSPS) is 11.7. The Kier molecular flexibility index (Phi) is 5.02. The van der Waals surface area contributed by atoms with E-state index in [2.05, 4.69) is 5.32 Å². The molecule has 0 bridgehead atoms. The van der Waals surface area contributed by atoms with Crippen LogP contribution in [0, 0.1) is 0 Å². The van der Waals surface area contributed by atoms with Crippen LogP contribution in [-0.4, -0.2) is 20.1 Å². The Balaban J connectivity index is 3.25. The van der Waals surface area contributed by atoms with Gasteiger partial charge in [-0.3, -0.25) is 0 Å². The number of benzene rings is 1. The molecule has 0 saturated heterocycles. The molecule has 0 aliphatic rings. The van der Waals surface area contributed by atoms with E-state index in [4.69, 9.17) is 0 Å². The van der Waals surface area contributed by atoms with Crippen LogP contribution < -0.4 is 10.2 Å². The Hall–Kier alpha value is -1.23. The second-order valence-electron chi connectivity index (χ2n) is 4.05. The van der Waals surface area contributed by atoms with E-state index in [0.29, 0.717) is 25.2 Å². The molecule has 1 aromatic carbocycles. The number of alkyl halides is 3. The predicted octanol–water partition coefficient (Wildman–Crippen LogP) is 3.27. The maximum atomic E-state index is 13.1. The molecule has 0 saturated carbocycles.